The molecule has 200 valence electrons. The molecule has 0 fully saturated rings. The Kier molecular flexibility index (Phi) is 9.46. The van der Waals surface area contributed by atoms with Crippen molar-refractivity contribution in [3.05, 3.63) is 135 Å². The molecule has 1 amide bonds. The Bertz CT molecular complexity index is 1610. The van der Waals surface area contributed by atoms with Crippen LogP contribution in [-0.2, 0) is 4.79 Å². The zero-order chi connectivity index (χ0) is 28.5. The third kappa shape index (κ3) is 7.66. The van der Waals surface area contributed by atoms with Gasteiger partial charge in [0.05, 0.1) is 22.4 Å². The summed E-state index contributed by atoms with van der Waals surface area (Å²) in [6.45, 7) is 1.93. The number of halogens is 2. The molecule has 0 aliphatic carbocycles. The number of esters is 2. The SMILES string of the molecule is Cc1ccc(C(=O)Oc2ccccc2/C=C/C(=O)Oc2ccccc2/C=N/NC(=O)c2ccc(Cl)cc2Cl)cc1. The third-order valence-corrected chi connectivity index (χ3v) is 6.03. The molecule has 0 saturated heterocycles. The average molecular weight is 573 g/mol. The number of nitrogens with zero attached hydrogens (tertiary/aromatic N) is 1. The molecule has 0 bridgehead atoms. The summed E-state index contributed by atoms with van der Waals surface area (Å²) in [6.07, 6.45) is 4.05. The lowest BCUT2D eigenvalue weighted by Crippen LogP contribution is -2.18. The zero-order valence-corrected chi connectivity index (χ0v) is 22.6. The quantitative estimate of drug-likeness (QED) is 0.0814. The van der Waals surface area contributed by atoms with E-state index in [9.17, 15) is 14.4 Å². The average Bonchev–Trinajstić information content (AvgIpc) is 2.93. The van der Waals surface area contributed by atoms with Gasteiger partial charge in [0.1, 0.15) is 11.5 Å². The molecule has 4 aromatic carbocycles. The first kappa shape index (κ1) is 28.3. The van der Waals surface area contributed by atoms with Crippen molar-refractivity contribution in [1.82, 2.24) is 5.43 Å². The Balaban J connectivity index is 1.41. The van der Waals surface area contributed by atoms with Crippen LogP contribution in [0.1, 0.15) is 37.4 Å². The van der Waals surface area contributed by atoms with Gasteiger partial charge in [0.2, 0.25) is 0 Å². The molecule has 0 aromatic heterocycles. The lowest BCUT2D eigenvalue weighted by Gasteiger charge is -2.08. The smallest absolute Gasteiger partial charge is 0.343 e. The number of carbonyl (C=O) groups excluding carboxylic acids is 3. The van der Waals surface area contributed by atoms with E-state index in [4.69, 9.17) is 32.7 Å². The number of hydrazone groups is 1. The standard InChI is InChI=1S/C31H22Cl2N2O5/c1-20-10-12-22(13-11-20)31(38)40-27-8-4-2-6-21(27)14-17-29(36)39-28-9-5-3-7-23(28)19-34-35-30(37)25-16-15-24(32)18-26(25)33/h2-19H,1H3,(H,35,37)/b17-14+,34-19+. The minimum atomic E-state index is -0.669. The van der Waals surface area contributed by atoms with E-state index in [2.05, 4.69) is 10.5 Å². The first-order chi connectivity index (χ1) is 19.3. The van der Waals surface area contributed by atoms with E-state index >= 15 is 0 Å². The van der Waals surface area contributed by atoms with E-state index in [0.717, 1.165) is 5.56 Å². The van der Waals surface area contributed by atoms with Crippen LogP contribution in [0.2, 0.25) is 10.0 Å². The molecule has 1 N–H and O–H groups in total. The third-order valence-electron chi connectivity index (χ3n) is 5.48. The number of nitrogens with one attached hydrogen (secondary N) is 1. The molecule has 0 spiro atoms. The topological polar surface area (TPSA) is 94.1 Å². The maximum absolute atomic E-state index is 12.6. The lowest BCUT2D eigenvalue weighted by molar-refractivity contribution is -0.128. The van der Waals surface area contributed by atoms with Crippen LogP contribution in [0.4, 0.5) is 0 Å². The predicted octanol–water partition coefficient (Wildman–Crippen LogP) is 6.90. The van der Waals surface area contributed by atoms with Crippen LogP contribution in [0.5, 0.6) is 11.5 Å². The summed E-state index contributed by atoms with van der Waals surface area (Å²) in [4.78, 5) is 37.5. The highest BCUT2D eigenvalue weighted by atomic mass is 35.5. The number of aryl methyl sites for hydroxylation is 1. The molecule has 0 aliphatic heterocycles. The van der Waals surface area contributed by atoms with Gasteiger partial charge in [0, 0.05) is 22.2 Å². The second kappa shape index (κ2) is 13.4. The van der Waals surface area contributed by atoms with Gasteiger partial charge in [-0.2, -0.15) is 5.10 Å². The molecule has 4 rings (SSSR count). The molecule has 40 heavy (non-hydrogen) atoms. The summed E-state index contributed by atoms with van der Waals surface area (Å²) >= 11 is 11.9. The van der Waals surface area contributed by atoms with Crippen molar-refractivity contribution in [1.29, 1.82) is 0 Å². The normalized spacial score (nSPS) is 11.0. The fourth-order valence-electron chi connectivity index (χ4n) is 3.43. The second-order valence-corrected chi connectivity index (χ2v) is 9.25. The number of para-hydroxylation sites is 2. The van der Waals surface area contributed by atoms with Crippen molar-refractivity contribution in [2.75, 3.05) is 0 Å². The molecule has 0 unspecified atom stereocenters. The number of hydrogen-bond acceptors (Lipinski definition) is 6. The highest BCUT2D eigenvalue weighted by Crippen LogP contribution is 2.23. The maximum Gasteiger partial charge on any atom is 0.343 e. The summed E-state index contributed by atoms with van der Waals surface area (Å²) in [6, 6.07) is 25.0. The highest BCUT2D eigenvalue weighted by molar-refractivity contribution is 6.36. The maximum atomic E-state index is 12.6. The Morgan fingerprint density at radius 3 is 2.15 bits per heavy atom. The van der Waals surface area contributed by atoms with Gasteiger partial charge >= 0.3 is 11.9 Å². The summed E-state index contributed by atoms with van der Waals surface area (Å²) in [5, 5.41) is 4.53. The number of hydrogen-bond donors (Lipinski definition) is 1. The van der Waals surface area contributed by atoms with Gasteiger partial charge in [-0.15, -0.1) is 0 Å². The molecule has 0 saturated carbocycles. The molecule has 7 nitrogen and oxygen atoms in total. The minimum Gasteiger partial charge on any atom is -0.423 e. The first-order valence-electron chi connectivity index (χ1n) is 12.0. The molecular formula is C31H22Cl2N2O5. The van der Waals surface area contributed by atoms with Crippen molar-refractivity contribution in [3.8, 4) is 11.5 Å². The molecule has 0 radical (unpaired) electrons. The Hall–Kier alpha value is -4.72. The second-order valence-electron chi connectivity index (χ2n) is 8.41. The van der Waals surface area contributed by atoms with Crippen molar-refractivity contribution in [2.24, 2.45) is 5.10 Å². The Labute approximate surface area is 240 Å². The fourth-order valence-corrected chi connectivity index (χ4v) is 3.93. The summed E-state index contributed by atoms with van der Waals surface area (Å²) in [5.74, 6) is -1.20. The minimum absolute atomic E-state index is 0.188. The Morgan fingerprint density at radius 2 is 1.45 bits per heavy atom. The summed E-state index contributed by atoms with van der Waals surface area (Å²) in [7, 11) is 0. The van der Waals surface area contributed by atoms with Crippen LogP contribution in [0.3, 0.4) is 0 Å². The van der Waals surface area contributed by atoms with E-state index in [-0.39, 0.29) is 16.3 Å². The van der Waals surface area contributed by atoms with Crippen molar-refractivity contribution in [2.45, 2.75) is 6.92 Å². The summed E-state index contributed by atoms with van der Waals surface area (Å²) < 4.78 is 11.0. The van der Waals surface area contributed by atoms with Gasteiger partial charge in [-0.1, -0.05) is 71.2 Å². The molecule has 9 heteroatoms. The van der Waals surface area contributed by atoms with Gasteiger partial charge in [-0.25, -0.2) is 15.0 Å². The van der Waals surface area contributed by atoms with Crippen molar-refractivity contribution >= 4 is 53.3 Å². The Morgan fingerprint density at radius 1 is 0.800 bits per heavy atom. The number of ether oxygens (including phenoxy) is 2. The molecular weight excluding hydrogens is 551 g/mol. The largest absolute Gasteiger partial charge is 0.423 e. The van der Waals surface area contributed by atoms with E-state index < -0.39 is 17.8 Å². The fraction of sp³-hybridized carbons (Fsp3) is 0.0323. The van der Waals surface area contributed by atoms with E-state index in [0.29, 0.717) is 27.5 Å². The molecule has 0 heterocycles. The predicted molar refractivity (Wildman–Crippen MR) is 155 cm³/mol. The van der Waals surface area contributed by atoms with Crippen LogP contribution in [0.15, 0.2) is 102 Å². The van der Waals surface area contributed by atoms with E-state index in [1.165, 1.54) is 30.5 Å². The van der Waals surface area contributed by atoms with E-state index in [1.54, 1.807) is 66.7 Å². The zero-order valence-electron chi connectivity index (χ0n) is 21.1. The highest BCUT2D eigenvalue weighted by Gasteiger charge is 2.12. The number of carbonyl (C=O) groups is 3. The van der Waals surface area contributed by atoms with Crippen molar-refractivity contribution < 1.29 is 23.9 Å². The van der Waals surface area contributed by atoms with Crippen molar-refractivity contribution in [3.63, 3.8) is 0 Å². The van der Waals surface area contributed by atoms with Crippen LogP contribution in [0.25, 0.3) is 6.08 Å². The van der Waals surface area contributed by atoms with Crippen LogP contribution in [0, 0.1) is 6.92 Å². The first-order valence-corrected chi connectivity index (χ1v) is 12.7. The van der Waals surface area contributed by atoms with Gasteiger partial charge in [-0.3, -0.25) is 4.79 Å². The molecule has 0 aliphatic rings. The molecule has 0 atom stereocenters. The van der Waals surface area contributed by atoms with Gasteiger partial charge in [0.15, 0.2) is 0 Å². The van der Waals surface area contributed by atoms with Gasteiger partial charge < -0.3 is 9.47 Å². The lowest BCUT2D eigenvalue weighted by atomic mass is 10.1. The van der Waals surface area contributed by atoms with Gasteiger partial charge in [0.25, 0.3) is 5.91 Å². The number of rotatable bonds is 8. The van der Waals surface area contributed by atoms with Gasteiger partial charge in [-0.05, 0) is 61.5 Å². The molecule has 4 aromatic rings. The van der Waals surface area contributed by atoms with E-state index in [1.807, 2.05) is 19.1 Å². The van der Waals surface area contributed by atoms with Crippen LogP contribution in [-0.4, -0.2) is 24.1 Å². The van der Waals surface area contributed by atoms with Crippen LogP contribution < -0.4 is 14.9 Å². The summed E-state index contributed by atoms with van der Waals surface area (Å²) in [5.41, 5.74) is 4.98. The number of benzene rings is 4. The monoisotopic (exact) mass is 572 g/mol. The van der Waals surface area contributed by atoms with Crippen LogP contribution >= 0.6 is 23.2 Å². The number of amides is 1.